The largest absolute Gasteiger partial charge is 0.465 e. The fraction of sp³-hybridized carbons (Fsp3) is 0.174. The van der Waals surface area contributed by atoms with Gasteiger partial charge in [-0.05, 0) is 105 Å². The van der Waals surface area contributed by atoms with Gasteiger partial charge in [-0.3, -0.25) is 0 Å². The fourth-order valence-corrected chi connectivity index (χ4v) is 10.5. The van der Waals surface area contributed by atoms with Crippen LogP contribution < -0.4 is 0 Å². The second kappa shape index (κ2) is 9.92. The van der Waals surface area contributed by atoms with E-state index in [1.807, 2.05) is 12.1 Å². The molecule has 0 saturated carbocycles. The van der Waals surface area contributed by atoms with Crippen LogP contribution in [-0.2, 0) is 20.3 Å². The molecule has 4 bridgehead atoms. The van der Waals surface area contributed by atoms with Gasteiger partial charge in [0.25, 0.3) is 0 Å². The highest BCUT2D eigenvalue weighted by Crippen LogP contribution is 2.73. The summed E-state index contributed by atoms with van der Waals surface area (Å²) in [5.74, 6) is -0.739. The molecule has 6 aromatic carbocycles. The third-order valence-corrected chi connectivity index (χ3v) is 12.1. The summed E-state index contributed by atoms with van der Waals surface area (Å²) >= 11 is 0. The first-order valence-corrected chi connectivity index (χ1v) is 17.2. The lowest BCUT2D eigenvalue weighted by atomic mass is 9.36. The van der Waals surface area contributed by atoms with Crippen molar-refractivity contribution in [3.05, 3.63) is 210 Å². The van der Waals surface area contributed by atoms with Crippen LogP contribution in [0.3, 0.4) is 0 Å². The zero-order chi connectivity index (χ0) is 34.1. The number of esters is 2. The zero-order valence-corrected chi connectivity index (χ0v) is 28.3. The smallest absolute Gasteiger partial charge is 0.337 e. The number of hydrogen-bond donors (Lipinski definition) is 0. The molecule has 4 nitrogen and oxygen atoms in total. The summed E-state index contributed by atoms with van der Waals surface area (Å²) < 4.78 is 10.7. The van der Waals surface area contributed by atoms with Gasteiger partial charge in [-0.15, -0.1) is 0 Å². The number of hydrogen-bond acceptors (Lipinski definition) is 4. The first kappa shape index (κ1) is 29.2. The Bertz CT molecular complexity index is 2330. The lowest BCUT2D eigenvalue weighted by Gasteiger charge is -2.64. The Morgan fingerprint density at radius 2 is 0.820 bits per heavy atom. The summed E-state index contributed by atoms with van der Waals surface area (Å²) in [6, 6.07) is 44.0. The molecule has 6 aliphatic rings. The van der Waals surface area contributed by atoms with E-state index < -0.39 is 10.8 Å². The Hall–Kier alpha value is -5.74. The Morgan fingerprint density at radius 1 is 0.440 bits per heavy atom. The number of benzene rings is 6. The van der Waals surface area contributed by atoms with Gasteiger partial charge in [0.15, 0.2) is 0 Å². The number of rotatable bonds is 3. The zero-order valence-electron chi connectivity index (χ0n) is 28.3. The van der Waals surface area contributed by atoms with Crippen LogP contribution >= 0.6 is 0 Å². The SMILES string of the molecule is COC(=O)c1ccc2c(c1)[C@@]1([C@]34c5ccccc5C(c5cc(C)ccc53)c3ccc(C(=O)OC)cc34)c3ccccc3C2c2cc(C)ccc21. The Kier molecular flexibility index (Phi) is 5.79. The van der Waals surface area contributed by atoms with Crippen molar-refractivity contribution in [3.8, 4) is 0 Å². The van der Waals surface area contributed by atoms with E-state index >= 15 is 0 Å². The summed E-state index contributed by atoms with van der Waals surface area (Å²) in [7, 11) is 2.88. The molecule has 0 aromatic heterocycles. The van der Waals surface area contributed by atoms with Crippen molar-refractivity contribution in [2.24, 2.45) is 0 Å². The Labute approximate surface area is 291 Å². The quantitative estimate of drug-likeness (QED) is 0.180. The number of ether oxygens (including phenoxy) is 2. The molecule has 0 aliphatic heterocycles. The second-order valence-electron chi connectivity index (χ2n) is 14.3. The molecule has 242 valence electrons. The van der Waals surface area contributed by atoms with Gasteiger partial charge in [-0.2, -0.15) is 0 Å². The molecule has 0 amide bonds. The summed E-state index contributed by atoms with van der Waals surface area (Å²) in [5.41, 5.74) is 16.3. The van der Waals surface area contributed by atoms with E-state index in [-0.39, 0.29) is 23.8 Å². The van der Waals surface area contributed by atoms with Crippen molar-refractivity contribution in [2.45, 2.75) is 36.5 Å². The molecule has 50 heavy (non-hydrogen) atoms. The van der Waals surface area contributed by atoms with Crippen LogP contribution in [0.4, 0.5) is 0 Å². The van der Waals surface area contributed by atoms with Crippen molar-refractivity contribution in [1.82, 2.24) is 0 Å². The molecule has 0 heterocycles. The molecular weight excluding hydrogens is 617 g/mol. The maximum Gasteiger partial charge on any atom is 0.337 e. The highest BCUT2D eigenvalue weighted by atomic mass is 16.5. The maximum absolute atomic E-state index is 13.4. The molecule has 12 rings (SSSR count). The van der Waals surface area contributed by atoms with Crippen LogP contribution in [-0.4, -0.2) is 26.2 Å². The molecule has 6 aromatic rings. The Morgan fingerprint density at radius 3 is 1.24 bits per heavy atom. The third kappa shape index (κ3) is 3.23. The van der Waals surface area contributed by atoms with Gasteiger partial charge in [-0.25, -0.2) is 9.59 Å². The highest BCUT2D eigenvalue weighted by molar-refractivity contribution is 5.93. The van der Waals surface area contributed by atoms with Crippen LogP contribution in [0, 0.1) is 13.8 Å². The van der Waals surface area contributed by atoms with Gasteiger partial charge in [-0.1, -0.05) is 108 Å². The summed E-state index contributed by atoms with van der Waals surface area (Å²) in [5, 5.41) is 0. The van der Waals surface area contributed by atoms with Gasteiger partial charge in [0.05, 0.1) is 36.2 Å². The van der Waals surface area contributed by atoms with Gasteiger partial charge in [0, 0.05) is 11.8 Å². The van der Waals surface area contributed by atoms with Crippen molar-refractivity contribution in [1.29, 1.82) is 0 Å². The molecule has 0 spiro atoms. The molecule has 2 unspecified atom stereocenters. The fourth-order valence-electron chi connectivity index (χ4n) is 10.5. The minimum atomic E-state index is -0.851. The number of carbonyl (C=O) groups excluding carboxylic acids is 2. The average molecular weight is 651 g/mol. The second-order valence-corrected chi connectivity index (χ2v) is 14.3. The molecule has 6 aliphatic carbocycles. The van der Waals surface area contributed by atoms with E-state index in [9.17, 15) is 9.59 Å². The first-order chi connectivity index (χ1) is 24.4. The van der Waals surface area contributed by atoms with Gasteiger partial charge in [0.2, 0.25) is 0 Å². The lowest BCUT2D eigenvalue weighted by Crippen LogP contribution is -2.61. The number of methoxy groups -OCH3 is 2. The van der Waals surface area contributed by atoms with E-state index in [1.165, 1.54) is 81.0 Å². The van der Waals surface area contributed by atoms with Crippen LogP contribution in [0.15, 0.2) is 121 Å². The van der Waals surface area contributed by atoms with Crippen LogP contribution in [0.25, 0.3) is 0 Å². The molecule has 4 atom stereocenters. The van der Waals surface area contributed by atoms with Crippen LogP contribution in [0.2, 0.25) is 0 Å². The topological polar surface area (TPSA) is 52.6 Å². The first-order valence-electron chi connectivity index (χ1n) is 17.2. The molecule has 0 radical (unpaired) electrons. The van der Waals surface area contributed by atoms with Crippen molar-refractivity contribution >= 4 is 11.9 Å². The van der Waals surface area contributed by atoms with E-state index in [0.717, 1.165) is 11.1 Å². The molecule has 0 fully saturated rings. The average Bonchev–Trinajstić information content (AvgIpc) is 3.16. The van der Waals surface area contributed by atoms with Crippen molar-refractivity contribution < 1.29 is 19.1 Å². The van der Waals surface area contributed by atoms with Crippen molar-refractivity contribution in [3.63, 3.8) is 0 Å². The summed E-state index contributed by atoms with van der Waals surface area (Å²) in [4.78, 5) is 26.8. The van der Waals surface area contributed by atoms with Gasteiger partial charge < -0.3 is 9.47 Å². The minimum absolute atomic E-state index is 0.00499. The molecular formula is C46H34O4. The van der Waals surface area contributed by atoms with E-state index in [0.29, 0.717) is 11.1 Å². The van der Waals surface area contributed by atoms with Crippen LogP contribution in [0.1, 0.15) is 110 Å². The van der Waals surface area contributed by atoms with Crippen molar-refractivity contribution in [2.75, 3.05) is 14.2 Å². The molecule has 0 saturated heterocycles. The van der Waals surface area contributed by atoms with E-state index in [1.54, 1.807) is 0 Å². The number of aryl methyl sites for hydroxylation is 2. The molecule has 0 N–H and O–H groups in total. The lowest BCUT2D eigenvalue weighted by molar-refractivity contribution is 0.0591. The van der Waals surface area contributed by atoms with Gasteiger partial charge >= 0.3 is 11.9 Å². The normalized spacial score (nSPS) is 22.3. The van der Waals surface area contributed by atoms with E-state index in [2.05, 4.69) is 123 Å². The Balaban J connectivity index is 1.51. The number of carbonyl (C=O) groups is 2. The predicted octanol–water partition coefficient (Wildman–Crippen LogP) is 8.86. The minimum Gasteiger partial charge on any atom is -0.465 e. The predicted molar refractivity (Wildman–Crippen MR) is 192 cm³/mol. The third-order valence-electron chi connectivity index (χ3n) is 12.1. The van der Waals surface area contributed by atoms with E-state index in [4.69, 9.17) is 9.47 Å². The summed E-state index contributed by atoms with van der Waals surface area (Å²) in [6.07, 6.45) is 0. The van der Waals surface area contributed by atoms with Crippen LogP contribution in [0.5, 0.6) is 0 Å². The van der Waals surface area contributed by atoms with Gasteiger partial charge in [0.1, 0.15) is 0 Å². The monoisotopic (exact) mass is 650 g/mol. The highest BCUT2D eigenvalue weighted by Gasteiger charge is 2.68. The maximum atomic E-state index is 13.4. The standard InChI is InChI=1S/C46H34O4/c1-25-13-19-37-33(21-25)41-29-9-5-7-11-35(29)45(37,39-23-27(43(47)49-3)15-17-31(39)41)46-36-12-8-6-10-30(36)42(34-22-26(2)14-20-38(34)46)32-18-16-28(24-40(32)46)44(48)50-4/h5-24,41-42H,1-4H3/t41?,42?,45-,46-/m1/s1. The molecule has 4 heteroatoms. The summed E-state index contributed by atoms with van der Waals surface area (Å²) in [6.45, 7) is 4.33.